The van der Waals surface area contributed by atoms with Crippen molar-refractivity contribution in [1.29, 1.82) is 0 Å². The maximum absolute atomic E-state index is 11.7. The summed E-state index contributed by atoms with van der Waals surface area (Å²) in [6.45, 7) is 7.27. The van der Waals surface area contributed by atoms with E-state index in [1.165, 1.54) is 13.8 Å². The van der Waals surface area contributed by atoms with E-state index in [-0.39, 0.29) is 29.6 Å². The molecule has 0 amide bonds. The van der Waals surface area contributed by atoms with Crippen LogP contribution in [0.4, 0.5) is 0 Å². The Morgan fingerprint density at radius 3 is 2.28 bits per heavy atom. The first-order valence-electron chi connectivity index (χ1n) is 11.3. The summed E-state index contributed by atoms with van der Waals surface area (Å²) in [5.41, 5.74) is -1.67. The molecule has 0 radical (unpaired) electrons. The molecule has 0 heterocycles. The van der Waals surface area contributed by atoms with E-state index in [0.29, 0.717) is 30.6 Å². The van der Waals surface area contributed by atoms with Gasteiger partial charge in [-0.1, -0.05) is 13.8 Å². The Labute approximate surface area is 173 Å². The Hall–Kier alpha value is -1.14. The molecule has 4 aliphatic rings. The number of hydrogen-bond donors (Lipinski definition) is 2. The molecule has 6 heteroatoms. The molecule has 0 aromatic heterocycles. The van der Waals surface area contributed by atoms with Crippen molar-refractivity contribution in [3.8, 4) is 0 Å². The van der Waals surface area contributed by atoms with E-state index < -0.39 is 17.1 Å². The zero-order valence-corrected chi connectivity index (χ0v) is 18.1. The zero-order valence-electron chi connectivity index (χ0n) is 18.1. The van der Waals surface area contributed by atoms with Gasteiger partial charge in [-0.15, -0.1) is 0 Å². The summed E-state index contributed by atoms with van der Waals surface area (Å²) >= 11 is 0. The maximum atomic E-state index is 11.7. The van der Waals surface area contributed by atoms with Crippen LogP contribution in [0.25, 0.3) is 0 Å². The summed E-state index contributed by atoms with van der Waals surface area (Å²) in [7, 11) is 0. The van der Waals surface area contributed by atoms with Gasteiger partial charge < -0.3 is 19.7 Å². The van der Waals surface area contributed by atoms with Crippen LogP contribution >= 0.6 is 0 Å². The molecule has 6 nitrogen and oxygen atoms in total. The van der Waals surface area contributed by atoms with Crippen molar-refractivity contribution in [2.75, 3.05) is 0 Å². The van der Waals surface area contributed by atoms with E-state index >= 15 is 0 Å². The van der Waals surface area contributed by atoms with Gasteiger partial charge >= 0.3 is 11.9 Å². The van der Waals surface area contributed by atoms with Crippen molar-refractivity contribution in [3.05, 3.63) is 0 Å². The van der Waals surface area contributed by atoms with Gasteiger partial charge in [-0.25, -0.2) is 0 Å². The van der Waals surface area contributed by atoms with E-state index in [2.05, 4.69) is 13.8 Å². The lowest BCUT2D eigenvalue weighted by atomic mass is 9.43. The fraction of sp³-hybridized carbons (Fsp3) is 0.913. The second kappa shape index (κ2) is 6.94. The van der Waals surface area contributed by atoms with Gasteiger partial charge in [0.1, 0.15) is 12.2 Å². The second-order valence-corrected chi connectivity index (χ2v) is 10.7. The van der Waals surface area contributed by atoms with Crippen LogP contribution in [0.5, 0.6) is 0 Å². The van der Waals surface area contributed by atoms with Crippen LogP contribution in [0.2, 0.25) is 0 Å². The number of hydrogen-bond acceptors (Lipinski definition) is 6. The van der Waals surface area contributed by atoms with Crippen LogP contribution in [-0.2, 0) is 19.1 Å². The van der Waals surface area contributed by atoms with E-state index in [0.717, 1.165) is 38.5 Å². The SMILES string of the molecule is CC(=O)O[C@@H]1CC[C@]2(C)[C@H]3CC[C@]4(C)[C@@H](OC(C)=O)CC[C@H]4[C@@H]3C[C@@H](O)[C@@]2(O)C1. The van der Waals surface area contributed by atoms with Gasteiger partial charge in [-0.2, -0.15) is 0 Å². The monoisotopic (exact) mass is 408 g/mol. The van der Waals surface area contributed by atoms with Crippen LogP contribution in [0.1, 0.15) is 79.1 Å². The lowest BCUT2D eigenvalue weighted by molar-refractivity contribution is -0.267. The van der Waals surface area contributed by atoms with E-state index in [9.17, 15) is 19.8 Å². The molecule has 4 rings (SSSR count). The highest BCUT2D eigenvalue weighted by atomic mass is 16.5. The Bertz CT molecular complexity index is 693. The van der Waals surface area contributed by atoms with Gasteiger partial charge in [0.2, 0.25) is 0 Å². The summed E-state index contributed by atoms with van der Waals surface area (Å²) in [6.07, 6.45) is 4.99. The predicted octanol–water partition coefficient (Wildman–Crippen LogP) is 2.98. The third-order valence-corrected chi connectivity index (χ3v) is 9.37. The first kappa shape index (κ1) is 21.1. The summed E-state index contributed by atoms with van der Waals surface area (Å²) in [5, 5.41) is 22.9. The van der Waals surface area contributed by atoms with Gasteiger partial charge in [0.05, 0.1) is 11.7 Å². The Morgan fingerprint density at radius 2 is 1.62 bits per heavy atom. The van der Waals surface area contributed by atoms with Crippen molar-refractivity contribution in [2.45, 2.75) is 103 Å². The molecule has 0 unspecified atom stereocenters. The van der Waals surface area contributed by atoms with E-state index in [1.807, 2.05) is 0 Å². The molecule has 0 aliphatic heterocycles. The van der Waals surface area contributed by atoms with Crippen molar-refractivity contribution >= 4 is 11.9 Å². The van der Waals surface area contributed by atoms with Gasteiger partial charge in [-0.05, 0) is 62.7 Å². The number of carbonyl (C=O) groups is 2. The highest BCUT2D eigenvalue weighted by Crippen LogP contribution is 2.67. The van der Waals surface area contributed by atoms with Crippen molar-refractivity contribution in [3.63, 3.8) is 0 Å². The molecule has 4 aliphatic carbocycles. The molecule has 9 atom stereocenters. The van der Waals surface area contributed by atoms with Crippen LogP contribution < -0.4 is 0 Å². The molecule has 0 aromatic rings. The minimum Gasteiger partial charge on any atom is -0.462 e. The standard InChI is InChI=1S/C23H36O6/c1-13(24)28-15-7-10-22(4)18-8-9-21(3)17(5-6-20(21)29-14(2)25)16(18)11-19(26)23(22,27)12-15/h15-20,26-27H,5-12H2,1-4H3/t15-,16+,17+,18+,19-,20+,21+,22-,23+/m1/s1. The van der Waals surface area contributed by atoms with Gasteiger partial charge in [0.25, 0.3) is 0 Å². The molecular formula is C23H36O6. The number of esters is 2. The first-order valence-corrected chi connectivity index (χ1v) is 11.3. The van der Waals surface area contributed by atoms with Crippen LogP contribution in [0.15, 0.2) is 0 Å². The average molecular weight is 409 g/mol. The fourth-order valence-corrected chi connectivity index (χ4v) is 7.92. The summed E-state index contributed by atoms with van der Waals surface area (Å²) in [5.74, 6) is 0.491. The van der Waals surface area contributed by atoms with E-state index in [4.69, 9.17) is 9.47 Å². The molecule has 29 heavy (non-hydrogen) atoms. The average Bonchev–Trinajstić information content (AvgIpc) is 2.93. The third-order valence-electron chi connectivity index (χ3n) is 9.37. The Morgan fingerprint density at radius 1 is 0.931 bits per heavy atom. The smallest absolute Gasteiger partial charge is 0.302 e. The molecule has 4 fully saturated rings. The molecule has 0 aromatic carbocycles. The normalized spacial score (nSPS) is 51.4. The lowest BCUT2D eigenvalue weighted by Crippen LogP contribution is -2.68. The van der Waals surface area contributed by atoms with Crippen molar-refractivity contribution < 1.29 is 29.3 Å². The van der Waals surface area contributed by atoms with Crippen LogP contribution in [0, 0.1) is 28.6 Å². The van der Waals surface area contributed by atoms with E-state index in [1.54, 1.807) is 0 Å². The quantitative estimate of drug-likeness (QED) is 0.683. The zero-order chi connectivity index (χ0) is 21.2. The molecule has 0 saturated heterocycles. The highest BCUT2D eigenvalue weighted by molar-refractivity contribution is 5.66. The largest absolute Gasteiger partial charge is 0.462 e. The Kier molecular flexibility index (Phi) is 5.05. The van der Waals surface area contributed by atoms with Crippen molar-refractivity contribution in [2.24, 2.45) is 28.6 Å². The molecule has 164 valence electrons. The maximum Gasteiger partial charge on any atom is 0.302 e. The number of fused-ring (bicyclic) bond motifs is 5. The van der Waals surface area contributed by atoms with Gasteiger partial charge in [0.15, 0.2) is 0 Å². The second-order valence-electron chi connectivity index (χ2n) is 10.7. The third kappa shape index (κ3) is 3.04. The summed E-state index contributed by atoms with van der Waals surface area (Å²) in [6, 6.07) is 0. The Balaban J connectivity index is 1.60. The molecule has 0 bridgehead atoms. The van der Waals surface area contributed by atoms with Crippen LogP contribution in [0.3, 0.4) is 0 Å². The molecule has 4 saturated carbocycles. The summed E-state index contributed by atoms with van der Waals surface area (Å²) < 4.78 is 11.1. The predicted molar refractivity (Wildman–Crippen MR) is 106 cm³/mol. The molecule has 2 N–H and O–H groups in total. The fourth-order valence-electron chi connectivity index (χ4n) is 7.92. The number of carbonyl (C=O) groups excluding carboxylic acids is 2. The van der Waals surface area contributed by atoms with Gasteiger partial charge in [-0.3, -0.25) is 9.59 Å². The van der Waals surface area contributed by atoms with Gasteiger partial charge in [0, 0.05) is 31.1 Å². The first-order chi connectivity index (χ1) is 13.5. The minimum atomic E-state index is -1.23. The lowest BCUT2D eigenvalue weighted by Gasteiger charge is -2.65. The topological polar surface area (TPSA) is 93.1 Å². The number of rotatable bonds is 2. The molecular weight excluding hydrogens is 372 g/mol. The highest BCUT2D eigenvalue weighted by Gasteiger charge is 2.68. The van der Waals surface area contributed by atoms with Crippen molar-refractivity contribution in [1.82, 2.24) is 0 Å². The minimum absolute atomic E-state index is 0.0450. The number of ether oxygens (including phenoxy) is 2. The number of aliphatic hydroxyl groups excluding tert-OH is 1. The summed E-state index contributed by atoms with van der Waals surface area (Å²) in [4.78, 5) is 23.0. The number of aliphatic hydroxyl groups is 2. The van der Waals surface area contributed by atoms with Crippen LogP contribution in [-0.4, -0.2) is 46.1 Å². The molecule has 0 spiro atoms.